The largest absolute Gasteiger partial charge is 0.455 e. The molecular formula is C18H14N4O5S. The first-order valence-corrected chi connectivity index (χ1v) is 9.07. The molecule has 1 aromatic carbocycles. The molecule has 0 saturated heterocycles. The fraction of sp³-hybridized carbons (Fsp3) is 0.167. The number of thiophene rings is 1. The van der Waals surface area contributed by atoms with Gasteiger partial charge in [0.25, 0.3) is 5.56 Å². The maximum atomic E-state index is 12.9. The summed E-state index contributed by atoms with van der Waals surface area (Å²) in [5.41, 5.74) is 0.305. The molecule has 0 spiro atoms. The highest BCUT2D eigenvalue weighted by Crippen LogP contribution is 2.23. The average molecular weight is 398 g/mol. The van der Waals surface area contributed by atoms with Crippen LogP contribution < -0.4 is 11.2 Å². The zero-order chi connectivity index (χ0) is 19.7. The highest BCUT2D eigenvalue weighted by atomic mass is 32.1. The van der Waals surface area contributed by atoms with Gasteiger partial charge < -0.3 is 4.74 Å². The Bertz CT molecular complexity index is 1260. The lowest BCUT2D eigenvalue weighted by Crippen LogP contribution is -2.38. The highest BCUT2D eigenvalue weighted by molar-refractivity contribution is 7.20. The van der Waals surface area contributed by atoms with Gasteiger partial charge in [-0.15, -0.1) is 11.3 Å². The van der Waals surface area contributed by atoms with Gasteiger partial charge in [0.1, 0.15) is 22.0 Å². The van der Waals surface area contributed by atoms with Crippen LogP contribution in [0.1, 0.15) is 20.9 Å². The maximum absolute atomic E-state index is 12.9. The van der Waals surface area contributed by atoms with Gasteiger partial charge in [-0.3, -0.25) is 13.9 Å². The molecule has 0 bridgehead atoms. The van der Waals surface area contributed by atoms with E-state index >= 15 is 0 Å². The number of aryl methyl sites for hydroxylation is 1. The Morgan fingerprint density at radius 2 is 2.04 bits per heavy atom. The molecule has 3 aromatic heterocycles. The summed E-state index contributed by atoms with van der Waals surface area (Å²) in [6, 6.07) is 10.7. The molecule has 0 aliphatic heterocycles. The van der Waals surface area contributed by atoms with Gasteiger partial charge in [0.05, 0.1) is 18.1 Å². The fourth-order valence-electron chi connectivity index (χ4n) is 2.75. The smallest absolute Gasteiger partial charge is 0.348 e. The summed E-state index contributed by atoms with van der Waals surface area (Å²) in [6.07, 6.45) is 1.34. The number of fused-ring (bicyclic) bond motifs is 1. The van der Waals surface area contributed by atoms with Crippen LogP contribution in [0.4, 0.5) is 0 Å². The van der Waals surface area contributed by atoms with Crippen molar-refractivity contribution < 1.29 is 14.2 Å². The molecule has 28 heavy (non-hydrogen) atoms. The van der Waals surface area contributed by atoms with Crippen LogP contribution in [0.2, 0.25) is 0 Å². The van der Waals surface area contributed by atoms with Crippen molar-refractivity contribution in [3.8, 4) is 0 Å². The molecule has 0 N–H and O–H groups in total. The Labute approximate surface area is 161 Å². The Hall–Kier alpha value is -3.53. The molecule has 0 atom stereocenters. The van der Waals surface area contributed by atoms with Crippen LogP contribution in [0.5, 0.6) is 0 Å². The van der Waals surface area contributed by atoms with E-state index < -0.39 is 17.2 Å². The van der Waals surface area contributed by atoms with E-state index in [4.69, 9.17) is 4.74 Å². The molecule has 9 nitrogen and oxygen atoms in total. The van der Waals surface area contributed by atoms with Crippen LogP contribution in [-0.4, -0.2) is 25.4 Å². The summed E-state index contributed by atoms with van der Waals surface area (Å²) in [7, 11) is 1.57. The number of aromatic nitrogens is 4. The molecule has 4 aromatic rings. The second-order valence-corrected chi connectivity index (χ2v) is 7.05. The van der Waals surface area contributed by atoms with Gasteiger partial charge in [-0.2, -0.15) is 0 Å². The Kier molecular flexibility index (Phi) is 4.62. The minimum Gasteiger partial charge on any atom is -0.455 e. The number of hydrogen-bond acceptors (Lipinski definition) is 8. The Morgan fingerprint density at radius 3 is 2.75 bits per heavy atom. The molecule has 3 heterocycles. The van der Waals surface area contributed by atoms with E-state index in [1.54, 1.807) is 7.05 Å². The fourth-order valence-corrected chi connectivity index (χ4v) is 3.75. The Morgan fingerprint density at radius 1 is 1.25 bits per heavy atom. The van der Waals surface area contributed by atoms with Crippen molar-refractivity contribution in [3.05, 3.63) is 79.6 Å². The van der Waals surface area contributed by atoms with E-state index in [1.807, 2.05) is 30.3 Å². The first-order valence-electron chi connectivity index (χ1n) is 8.25. The van der Waals surface area contributed by atoms with E-state index in [2.05, 4.69) is 14.9 Å². The molecule has 0 radical (unpaired) electrons. The van der Waals surface area contributed by atoms with Gasteiger partial charge in [-0.05, 0) is 11.6 Å². The van der Waals surface area contributed by atoms with Gasteiger partial charge >= 0.3 is 11.7 Å². The first-order chi connectivity index (χ1) is 13.5. The van der Waals surface area contributed by atoms with E-state index in [1.165, 1.54) is 16.8 Å². The van der Waals surface area contributed by atoms with Gasteiger partial charge in [0, 0.05) is 7.05 Å². The second-order valence-electron chi connectivity index (χ2n) is 6.02. The van der Waals surface area contributed by atoms with Gasteiger partial charge in [0.15, 0.2) is 0 Å². The summed E-state index contributed by atoms with van der Waals surface area (Å²) in [5.74, 6) is -0.620. The van der Waals surface area contributed by atoms with E-state index in [0.717, 1.165) is 21.5 Å². The topological polar surface area (TPSA) is 109 Å². The summed E-state index contributed by atoms with van der Waals surface area (Å²) >= 11 is 1.03. The monoisotopic (exact) mass is 398 g/mol. The number of esters is 1. The standard InChI is InChI=1S/C18H14N4O5S/c1-21-16-13(7-14(28-16)17(24)26-10-12-8-19-27-20-12)15(23)22(18(21)25)9-11-5-3-2-4-6-11/h2-8H,9-10H2,1H3. The van der Waals surface area contributed by atoms with Crippen LogP contribution in [0, 0.1) is 0 Å². The molecule has 0 fully saturated rings. The third-order valence-electron chi connectivity index (χ3n) is 4.15. The molecule has 4 rings (SSSR count). The average Bonchev–Trinajstić information content (AvgIpc) is 3.38. The van der Waals surface area contributed by atoms with E-state index in [9.17, 15) is 14.4 Å². The van der Waals surface area contributed by atoms with Crippen LogP contribution in [0.15, 0.2) is 56.8 Å². The molecule has 142 valence electrons. The van der Waals surface area contributed by atoms with Crippen molar-refractivity contribution in [1.82, 2.24) is 19.4 Å². The number of ether oxygens (including phenoxy) is 1. The number of nitrogens with zero attached hydrogens (tertiary/aromatic N) is 4. The third-order valence-corrected chi connectivity index (χ3v) is 5.34. The minimum absolute atomic E-state index is 0.103. The predicted molar refractivity (Wildman–Crippen MR) is 100 cm³/mol. The summed E-state index contributed by atoms with van der Waals surface area (Å²) in [5, 5.41) is 7.27. The molecule has 0 unspecified atom stereocenters. The SMILES string of the molecule is Cn1c(=O)n(Cc2ccccc2)c(=O)c2cc(C(=O)OCc3cnon3)sc21. The van der Waals surface area contributed by atoms with Crippen molar-refractivity contribution >= 4 is 27.5 Å². The molecular weight excluding hydrogens is 384 g/mol. The van der Waals surface area contributed by atoms with Crippen LogP contribution >= 0.6 is 11.3 Å². The Balaban J connectivity index is 1.70. The summed E-state index contributed by atoms with van der Waals surface area (Å²) in [4.78, 5) is 38.5. The van der Waals surface area contributed by atoms with E-state index in [-0.39, 0.29) is 23.4 Å². The second kappa shape index (κ2) is 7.24. The first kappa shape index (κ1) is 17.9. The van der Waals surface area contributed by atoms with E-state index in [0.29, 0.717) is 10.5 Å². The van der Waals surface area contributed by atoms with Crippen molar-refractivity contribution in [2.24, 2.45) is 7.05 Å². The van der Waals surface area contributed by atoms with Crippen LogP contribution in [-0.2, 0) is 24.9 Å². The maximum Gasteiger partial charge on any atom is 0.348 e. The van der Waals surface area contributed by atoms with Crippen molar-refractivity contribution in [3.63, 3.8) is 0 Å². The summed E-state index contributed by atoms with van der Waals surface area (Å²) < 4.78 is 12.1. The summed E-state index contributed by atoms with van der Waals surface area (Å²) in [6.45, 7) is 0.0464. The number of hydrogen-bond donors (Lipinski definition) is 0. The minimum atomic E-state index is -0.620. The number of benzene rings is 1. The number of carbonyl (C=O) groups is 1. The number of rotatable bonds is 5. The van der Waals surface area contributed by atoms with Gasteiger partial charge in [-0.25, -0.2) is 14.2 Å². The quantitative estimate of drug-likeness (QED) is 0.469. The molecule has 0 amide bonds. The van der Waals surface area contributed by atoms with Crippen molar-refractivity contribution in [2.45, 2.75) is 13.2 Å². The van der Waals surface area contributed by atoms with Crippen molar-refractivity contribution in [2.75, 3.05) is 0 Å². The molecule has 0 aliphatic carbocycles. The normalized spacial score (nSPS) is 11.0. The lowest BCUT2D eigenvalue weighted by Gasteiger charge is -2.08. The zero-order valence-electron chi connectivity index (χ0n) is 14.7. The number of carbonyl (C=O) groups excluding carboxylic acids is 1. The zero-order valence-corrected chi connectivity index (χ0v) is 15.5. The lowest BCUT2D eigenvalue weighted by molar-refractivity contribution is 0.0469. The van der Waals surface area contributed by atoms with Crippen molar-refractivity contribution in [1.29, 1.82) is 0 Å². The predicted octanol–water partition coefficient (Wildman–Crippen LogP) is 1.55. The van der Waals surface area contributed by atoms with Gasteiger partial charge in [0.2, 0.25) is 0 Å². The molecule has 0 aliphatic rings. The van der Waals surface area contributed by atoms with Crippen LogP contribution in [0.25, 0.3) is 10.2 Å². The lowest BCUT2D eigenvalue weighted by atomic mass is 10.2. The third kappa shape index (κ3) is 3.25. The molecule has 10 heteroatoms. The molecule has 0 saturated carbocycles. The highest BCUT2D eigenvalue weighted by Gasteiger charge is 2.19. The van der Waals surface area contributed by atoms with Gasteiger partial charge in [-0.1, -0.05) is 40.6 Å². The van der Waals surface area contributed by atoms with Crippen LogP contribution in [0.3, 0.4) is 0 Å².